The summed E-state index contributed by atoms with van der Waals surface area (Å²) < 4.78 is 27.9. The van der Waals surface area contributed by atoms with Crippen molar-refractivity contribution in [2.45, 2.75) is 39.2 Å². The lowest BCUT2D eigenvalue weighted by Gasteiger charge is -2.30. The van der Waals surface area contributed by atoms with Gasteiger partial charge in [0.15, 0.2) is 0 Å². The maximum Gasteiger partial charge on any atom is 0.279 e. The van der Waals surface area contributed by atoms with Gasteiger partial charge in [-0.15, -0.1) is 0 Å². The van der Waals surface area contributed by atoms with Crippen molar-refractivity contribution in [3.05, 3.63) is 0 Å². The van der Waals surface area contributed by atoms with Crippen LogP contribution in [0.5, 0.6) is 0 Å². The smallest absolute Gasteiger partial charge is 0.279 e. The number of piperidine rings is 1. The van der Waals surface area contributed by atoms with Gasteiger partial charge in [0.25, 0.3) is 10.2 Å². The van der Waals surface area contributed by atoms with E-state index in [1.807, 2.05) is 0 Å². The van der Waals surface area contributed by atoms with E-state index in [9.17, 15) is 8.42 Å². The summed E-state index contributed by atoms with van der Waals surface area (Å²) in [6.45, 7) is 5.11. The van der Waals surface area contributed by atoms with Crippen molar-refractivity contribution in [1.82, 2.24) is 9.03 Å². The Morgan fingerprint density at radius 2 is 2.00 bits per heavy atom. The SMILES string of the molecule is CC1CCN(S(=O)(=O)NC(C)CCO)CC1. The minimum absolute atomic E-state index is 0.000715. The lowest BCUT2D eigenvalue weighted by atomic mass is 10.0. The van der Waals surface area contributed by atoms with Crippen LogP contribution >= 0.6 is 0 Å². The molecule has 96 valence electrons. The average molecular weight is 250 g/mol. The summed E-state index contributed by atoms with van der Waals surface area (Å²) in [5.41, 5.74) is 0. The Bertz CT molecular complexity index is 297. The topological polar surface area (TPSA) is 69.6 Å². The van der Waals surface area contributed by atoms with E-state index in [0.29, 0.717) is 25.4 Å². The molecule has 0 radical (unpaired) electrons. The number of nitrogens with zero attached hydrogens (tertiary/aromatic N) is 1. The molecule has 0 bridgehead atoms. The standard InChI is InChI=1S/C10H22N2O3S/c1-9-3-6-12(7-4-9)16(14,15)11-10(2)5-8-13/h9-11,13H,3-8H2,1-2H3. The highest BCUT2D eigenvalue weighted by Crippen LogP contribution is 2.18. The van der Waals surface area contributed by atoms with Gasteiger partial charge in [-0.3, -0.25) is 0 Å². The van der Waals surface area contributed by atoms with Gasteiger partial charge in [0.1, 0.15) is 0 Å². The second-order valence-corrected chi connectivity index (χ2v) is 6.32. The minimum atomic E-state index is -3.36. The predicted molar refractivity (Wildman–Crippen MR) is 63.2 cm³/mol. The maximum atomic E-state index is 11.9. The summed E-state index contributed by atoms with van der Waals surface area (Å²) in [5.74, 6) is 0.612. The second-order valence-electron chi connectivity index (χ2n) is 4.62. The molecular formula is C10H22N2O3S. The Kier molecular flexibility index (Phi) is 5.17. The van der Waals surface area contributed by atoms with Crippen molar-refractivity contribution in [2.75, 3.05) is 19.7 Å². The number of hydrogen-bond donors (Lipinski definition) is 2. The number of hydrogen-bond acceptors (Lipinski definition) is 3. The molecule has 0 saturated carbocycles. The zero-order chi connectivity index (χ0) is 12.2. The van der Waals surface area contributed by atoms with Crippen molar-refractivity contribution < 1.29 is 13.5 Å². The van der Waals surface area contributed by atoms with Crippen molar-refractivity contribution in [3.8, 4) is 0 Å². The molecule has 1 heterocycles. The van der Waals surface area contributed by atoms with Crippen LogP contribution in [-0.4, -0.2) is 43.6 Å². The number of aliphatic hydroxyl groups excluding tert-OH is 1. The molecule has 1 saturated heterocycles. The molecule has 2 N–H and O–H groups in total. The van der Waals surface area contributed by atoms with Crippen LogP contribution in [0, 0.1) is 5.92 Å². The third-order valence-electron chi connectivity index (χ3n) is 2.99. The quantitative estimate of drug-likeness (QED) is 0.738. The van der Waals surface area contributed by atoms with E-state index in [4.69, 9.17) is 5.11 Å². The molecule has 0 aromatic rings. The van der Waals surface area contributed by atoms with Gasteiger partial charge in [0.2, 0.25) is 0 Å². The van der Waals surface area contributed by atoms with Crippen LogP contribution in [0.1, 0.15) is 33.1 Å². The average Bonchev–Trinajstić information content (AvgIpc) is 2.17. The third kappa shape index (κ3) is 4.01. The van der Waals surface area contributed by atoms with Crippen LogP contribution in [-0.2, 0) is 10.2 Å². The molecule has 1 unspecified atom stereocenters. The van der Waals surface area contributed by atoms with Gasteiger partial charge < -0.3 is 5.11 Å². The minimum Gasteiger partial charge on any atom is -0.396 e. The Morgan fingerprint density at radius 3 is 2.50 bits per heavy atom. The normalized spacial score (nSPS) is 22.2. The summed E-state index contributed by atoms with van der Waals surface area (Å²) in [6.07, 6.45) is 2.30. The van der Waals surface area contributed by atoms with Crippen LogP contribution in [0.4, 0.5) is 0 Å². The fourth-order valence-electron chi connectivity index (χ4n) is 1.81. The van der Waals surface area contributed by atoms with Crippen LogP contribution in [0.25, 0.3) is 0 Å². The second kappa shape index (κ2) is 5.95. The molecular weight excluding hydrogens is 228 g/mol. The summed E-state index contributed by atoms with van der Waals surface area (Å²) in [6, 6.07) is -0.214. The molecule has 0 aromatic heterocycles. The highest BCUT2D eigenvalue weighted by molar-refractivity contribution is 7.87. The number of rotatable bonds is 5. The Morgan fingerprint density at radius 1 is 1.44 bits per heavy atom. The van der Waals surface area contributed by atoms with Gasteiger partial charge in [0.05, 0.1) is 0 Å². The van der Waals surface area contributed by atoms with Crippen LogP contribution < -0.4 is 4.72 Å². The van der Waals surface area contributed by atoms with Gasteiger partial charge >= 0.3 is 0 Å². The molecule has 5 nitrogen and oxygen atoms in total. The molecule has 0 spiro atoms. The Balaban J connectivity index is 2.50. The van der Waals surface area contributed by atoms with Crippen molar-refractivity contribution >= 4 is 10.2 Å². The fraction of sp³-hybridized carbons (Fsp3) is 1.00. The first-order valence-corrected chi connectivity index (χ1v) is 7.28. The number of nitrogens with one attached hydrogen (secondary N) is 1. The molecule has 0 aliphatic carbocycles. The first kappa shape index (κ1) is 13.9. The molecule has 1 aliphatic heterocycles. The van der Waals surface area contributed by atoms with E-state index in [0.717, 1.165) is 12.8 Å². The molecule has 6 heteroatoms. The zero-order valence-electron chi connectivity index (χ0n) is 10.0. The van der Waals surface area contributed by atoms with E-state index in [1.165, 1.54) is 4.31 Å². The van der Waals surface area contributed by atoms with Gasteiger partial charge in [-0.2, -0.15) is 17.4 Å². The molecule has 1 rings (SSSR count). The van der Waals surface area contributed by atoms with Gasteiger partial charge in [-0.05, 0) is 32.1 Å². The molecule has 0 aromatic carbocycles. The molecule has 1 fully saturated rings. The van der Waals surface area contributed by atoms with Gasteiger partial charge in [-0.1, -0.05) is 6.92 Å². The van der Waals surface area contributed by atoms with Crippen molar-refractivity contribution in [1.29, 1.82) is 0 Å². The predicted octanol–water partition coefficient (Wildman–Crippen LogP) is 0.324. The lowest BCUT2D eigenvalue weighted by molar-refractivity contribution is 0.267. The zero-order valence-corrected chi connectivity index (χ0v) is 10.8. The first-order valence-electron chi connectivity index (χ1n) is 5.84. The fourth-order valence-corrected chi connectivity index (χ4v) is 3.27. The van der Waals surface area contributed by atoms with Crippen LogP contribution in [0.2, 0.25) is 0 Å². The van der Waals surface area contributed by atoms with Gasteiger partial charge in [-0.25, -0.2) is 0 Å². The van der Waals surface area contributed by atoms with E-state index >= 15 is 0 Å². The van der Waals surface area contributed by atoms with Gasteiger partial charge in [0, 0.05) is 25.7 Å². The highest BCUT2D eigenvalue weighted by Gasteiger charge is 2.27. The molecule has 0 amide bonds. The van der Waals surface area contributed by atoms with Crippen molar-refractivity contribution in [2.24, 2.45) is 5.92 Å². The van der Waals surface area contributed by atoms with Crippen LogP contribution in [0.15, 0.2) is 0 Å². The first-order chi connectivity index (χ1) is 7.45. The summed E-state index contributed by atoms with van der Waals surface area (Å²) in [4.78, 5) is 0. The van der Waals surface area contributed by atoms with E-state index in [2.05, 4.69) is 11.6 Å². The van der Waals surface area contributed by atoms with Crippen LogP contribution in [0.3, 0.4) is 0 Å². The molecule has 1 aliphatic rings. The van der Waals surface area contributed by atoms with Crippen molar-refractivity contribution in [3.63, 3.8) is 0 Å². The summed E-state index contributed by atoms with van der Waals surface area (Å²) >= 11 is 0. The maximum absolute atomic E-state index is 11.9. The lowest BCUT2D eigenvalue weighted by Crippen LogP contribution is -2.47. The van der Waals surface area contributed by atoms with E-state index in [1.54, 1.807) is 6.92 Å². The molecule has 16 heavy (non-hydrogen) atoms. The Hall–Kier alpha value is -0.170. The Labute approximate surface area is 98.0 Å². The highest BCUT2D eigenvalue weighted by atomic mass is 32.2. The monoisotopic (exact) mass is 250 g/mol. The van der Waals surface area contributed by atoms with E-state index in [-0.39, 0.29) is 12.6 Å². The third-order valence-corrected chi connectivity index (χ3v) is 4.74. The largest absolute Gasteiger partial charge is 0.396 e. The molecule has 1 atom stereocenters. The van der Waals surface area contributed by atoms with E-state index < -0.39 is 10.2 Å². The summed E-state index contributed by atoms with van der Waals surface area (Å²) in [5, 5.41) is 8.73. The summed E-state index contributed by atoms with van der Waals surface area (Å²) in [7, 11) is -3.36. The number of aliphatic hydroxyl groups is 1.